The summed E-state index contributed by atoms with van der Waals surface area (Å²) in [4.78, 5) is 12.2. The lowest BCUT2D eigenvalue weighted by molar-refractivity contribution is 0.486. The van der Waals surface area contributed by atoms with Crippen molar-refractivity contribution in [2.24, 2.45) is 13.0 Å². The molecular weight excluding hydrogens is 238 g/mol. The maximum Gasteiger partial charge on any atom is 0.345 e. The van der Waals surface area contributed by atoms with E-state index in [-0.39, 0.29) is 11.6 Å². The largest absolute Gasteiger partial charge is 0.345 e. The highest BCUT2D eigenvalue weighted by molar-refractivity contribution is 5.16. The number of aromatic nitrogens is 3. The zero-order valence-corrected chi connectivity index (χ0v) is 12.0. The molecular formula is C15H21N3O. The highest BCUT2D eigenvalue weighted by Crippen LogP contribution is 2.21. The van der Waals surface area contributed by atoms with Crippen molar-refractivity contribution in [1.29, 1.82) is 0 Å². The molecule has 1 aromatic heterocycles. The summed E-state index contributed by atoms with van der Waals surface area (Å²) in [6, 6.07) is 10.0. The zero-order valence-electron chi connectivity index (χ0n) is 12.0. The molecule has 0 aliphatic rings. The molecule has 1 heterocycles. The molecule has 4 nitrogen and oxygen atoms in total. The quantitative estimate of drug-likeness (QED) is 0.845. The molecule has 1 unspecified atom stereocenters. The van der Waals surface area contributed by atoms with E-state index >= 15 is 0 Å². The smallest absolute Gasteiger partial charge is 0.274 e. The molecule has 0 spiro atoms. The van der Waals surface area contributed by atoms with E-state index in [4.69, 9.17) is 0 Å². The Kier molecular flexibility index (Phi) is 3.88. The maximum absolute atomic E-state index is 12.2. The molecule has 0 aliphatic heterocycles. The van der Waals surface area contributed by atoms with Crippen molar-refractivity contribution in [3.8, 4) is 0 Å². The standard InChI is InChI=1S/C15H21N3O/c1-11(2)12(3)14-16-17(4)15(19)18(14)10-13-8-6-5-7-9-13/h5-9,11-12H,10H2,1-4H3. The molecule has 19 heavy (non-hydrogen) atoms. The predicted octanol–water partition coefficient (Wildman–Crippen LogP) is 2.39. The normalized spacial score (nSPS) is 12.9. The van der Waals surface area contributed by atoms with E-state index in [1.165, 1.54) is 4.68 Å². The third kappa shape index (κ3) is 2.78. The minimum absolute atomic E-state index is 0.0497. The van der Waals surface area contributed by atoms with Crippen LogP contribution in [0.15, 0.2) is 35.1 Å². The molecule has 2 rings (SSSR count). The first-order chi connectivity index (χ1) is 9.00. The van der Waals surface area contributed by atoms with Crippen molar-refractivity contribution in [1.82, 2.24) is 14.3 Å². The fourth-order valence-electron chi connectivity index (χ4n) is 2.07. The van der Waals surface area contributed by atoms with Crippen LogP contribution in [0.5, 0.6) is 0 Å². The molecule has 0 amide bonds. The Bertz CT molecular complexity index is 596. The molecule has 0 radical (unpaired) electrons. The first-order valence-electron chi connectivity index (χ1n) is 6.68. The fourth-order valence-corrected chi connectivity index (χ4v) is 2.07. The first-order valence-corrected chi connectivity index (χ1v) is 6.68. The Morgan fingerprint density at radius 3 is 2.37 bits per heavy atom. The van der Waals surface area contributed by atoms with Crippen LogP contribution in [-0.4, -0.2) is 14.3 Å². The van der Waals surface area contributed by atoms with Gasteiger partial charge in [0.2, 0.25) is 0 Å². The van der Waals surface area contributed by atoms with Crippen LogP contribution in [0.3, 0.4) is 0 Å². The lowest BCUT2D eigenvalue weighted by Gasteiger charge is -2.15. The van der Waals surface area contributed by atoms with Gasteiger partial charge in [-0.25, -0.2) is 9.48 Å². The van der Waals surface area contributed by atoms with Crippen LogP contribution in [0, 0.1) is 5.92 Å². The van der Waals surface area contributed by atoms with Gasteiger partial charge in [0.15, 0.2) is 0 Å². The summed E-state index contributed by atoms with van der Waals surface area (Å²) in [6.07, 6.45) is 0. The molecule has 0 fully saturated rings. The number of benzene rings is 1. The Hall–Kier alpha value is -1.84. The number of aryl methyl sites for hydroxylation is 1. The van der Waals surface area contributed by atoms with Crippen molar-refractivity contribution in [2.45, 2.75) is 33.2 Å². The number of hydrogen-bond donors (Lipinski definition) is 0. The summed E-state index contributed by atoms with van der Waals surface area (Å²) in [5.74, 6) is 1.58. The van der Waals surface area contributed by atoms with E-state index in [1.807, 2.05) is 30.3 Å². The summed E-state index contributed by atoms with van der Waals surface area (Å²) >= 11 is 0. The van der Waals surface area contributed by atoms with Gasteiger partial charge in [-0.3, -0.25) is 4.57 Å². The molecule has 0 bridgehead atoms. The Morgan fingerprint density at radius 2 is 1.79 bits per heavy atom. The van der Waals surface area contributed by atoms with Gasteiger partial charge >= 0.3 is 5.69 Å². The molecule has 2 aromatic rings. The molecule has 0 saturated heterocycles. The minimum Gasteiger partial charge on any atom is -0.274 e. The lowest BCUT2D eigenvalue weighted by Crippen LogP contribution is -2.25. The monoisotopic (exact) mass is 259 g/mol. The van der Waals surface area contributed by atoms with Crippen LogP contribution in [0.2, 0.25) is 0 Å². The van der Waals surface area contributed by atoms with Crippen LogP contribution in [-0.2, 0) is 13.6 Å². The summed E-state index contributed by atoms with van der Waals surface area (Å²) in [5.41, 5.74) is 1.07. The zero-order chi connectivity index (χ0) is 14.0. The van der Waals surface area contributed by atoms with Gasteiger partial charge in [0.05, 0.1) is 6.54 Å². The van der Waals surface area contributed by atoms with Gasteiger partial charge in [0, 0.05) is 13.0 Å². The van der Waals surface area contributed by atoms with Crippen LogP contribution >= 0.6 is 0 Å². The van der Waals surface area contributed by atoms with Gasteiger partial charge in [-0.05, 0) is 11.5 Å². The van der Waals surface area contributed by atoms with Gasteiger partial charge in [-0.1, -0.05) is 51.1 Å². The van der Waals surface area contributed by atoms with E-state index in [0.29, 0.717) is 12.5 Å². The topological polar surface area (TPSA) is 39.8 Å². The minimum atomic E-state index is -0.0497. The average molecular weight is 259 g/mol. The van der Waals surface area contributed by atoms with Gasteiger partial charge in [0.1, 0.15) is 5.82 Å². The molecule has 1 aromatic carbocycles. The summed E-state index contributed by atoms with van der Waals surface area (Å²) in [7, 11) is 1.71. The number of rotatable bonds is 4. The van der Waals surface area contributed by atoms with Crippen molar-refractivity contribution < 1.29 is 0 Å². The van der Waals surface area contributed by atoms with Crippen LogP contribution in [0.1, 0.15) is 38.1 Å². The van der Waals surface area contributed by atoms with Crippen LogP contribution in [0.25, 0.3) is 0 Å². The Labute approximate surface area is 113 Å². The molecule has 0 N–H and O–H groups in total. The van der Waals surface area contributed by atoms with E-state index in [0.717, 1.165) is 11.4 Å². The van der Waals surface area contributed by atoms with E-state index in [1.54, 1.807) is 11.6 Å². The van der Waals surface area contributed by atoms with Crippen molar-refractivity contribution in [2.75, 3.05) is 0 Å². The fraction of sp³-hybridized carbons (Fsp3) is 0.467. The van der Waals surface area contributed by atoms with E-state index < -0.39 is 0 Å². The van der Waals surface area contributed by atoms with Gasteiger partial charge in [-0.2, -0.15) is 5.10 Å². The lowest BCUT2D eigenvalue weighted by atomic mass is 9.97. The Morgan fingerprint density at radius 1 is 1.16 bits per heavy atom. The van der Waals surface area contributed by atoms with Crippen molar-refractivity contribution in [3.05, 3.63) is 52.2 Å². The Balaban J connectivity index is 2.42. The van der Waals surface area contributed by atoms with E-state index in [2.05, 4.69) is 25.9 Å². The summed E-state index contributed by atoms with van der Waals surface area (Å²) in [6.45, 7) is 7.00. The second kappa shape index (κ2) is 5.43. The van der Waals surface area contributed by atoms with Crippen molar-refractivity contribution >= 4 is 0 Å². The number of hydrogen-bond acceptors (Lipinski definition) is 2. The second-order valence-electron chi connectivity index (χ2n) is 5.37. The third-order valence-corrected chi connectivity index (χ3v) is 3.63. The first kappa shape index (κ1) is 13.6. The van der Waals surface area contributed by atoms with Gasteiger partial charge < -0.3 is 0 Å². The number of nitrogens with zero attached hydrogens (tertiary/aromatic N) is 3. The summed E-state index contributed by atoms with van der Waals surface area (Å²) in [5, 5.41) is 4.39. The molecule has 102 valence electrons. The van der Waals surface area contributed by atoms with E-state index in [9.17, 15) is 4.79 Å². The van der Waals surface area contributed by atoms with Crippen LogP contribution in [0.4, 0.5) is 0 Å². The molecule has 4 heteroatoms. The molecule has 0 aliphatic carbocycles. The second-order valence-corrected chi connectivity index (χ2v) is 5.37. The highest BCUT2D eigenvalue weighted by atomic mass is 16.2. The third-order valence-electron chi connectivity index (χ3n) is 3.63. The molecule has 1 atom stereocenters. The van der Waals surface area contributed by atoms with Crippen LogP contribution < -0.4 is 5.69 Å². The molecule has 0 saturated carbocycles. The summed E-state index contributed by atoms with van der Waals surface area (Å²) < 4.78 is 3.21. The van der Waals surface area contributed by atoms with Crippen molar-refractivity contribution in [3.63, 3.8) is 0 Å². The predicted molar refractivity (Wildman–Crippen MR) is 76.3 cm³/mol. The van der Waals surface area contributed by atoms with Gasteiger partial charge in [0.25, 0.3) is 0 Å². The SMILES string of the molecule is CC(C)C(C)c1nn(C)c(=O)n1Cc1ccccc1. The highest BCUT2D eigenvalue weighted by Gasteiger charge is 2.20. The average Bonchev–Trinajstić information content (AvgIpc) is 2.67. The van der Waals surface area contributed by atoms with Gasteiger partial charge in [-0.15, -0.1) is 0 Å². The maximum atomic E-state index is 12.2.